The van der Waals surface area contributed by atoms with Crippen molar-refractivity contribution < 1.29 is 13.9 Å². The minimum Gasteiger partial charge on any atom is -0.422 e. The third-order valence-electron chi connectivity index (χ3n) is 1.89. The summed E-state index contributed by atoms with van der Waals surface area (Å²) in [6, 6.07) is 6.61. The summed E-state index contributed by atoms with van der Waals surface area (Å²) in [5.41, 5.74) is 5.34. The van der Waals surface area contributed by atoms with Crippen molar-refractivity contribution in [1.82, 2.24) is 9.97 Å². The number of hydrogen-bond donors (Lipinski definition) is 1. The lowest BCUT2D eigenvalue weighted by Gasteiger charge is -2.03. The minimum absolute atomic E-state index is 0.0155. The number of nitrogens with zero attached hydrogens (tertiary/aromatic N) is 2. The van der Waals surface area contributed by atoms with E-state index in [0.717, 1.165) is 6.07 Å². The first-order chi connectivity index (χ1) is 8.15. The van der Waals surface area contributed by atoms with Crippen LogP contribution in [0.4, 0.5) is 10.3 Å². The van der Waals surface area contributed by atoms with E-state index < -0.39 is 11.8 Å². The summed E-state index contributed by atoms with van der Waals surface area (Å²) in [6.07, 6.45) is 1.34. The molecule has 1 heterocycles. The maximum Gasteiger partial charge on any atom is 0.362 e. The van der Waals surface area contributed by atoms with E-state index in [0.29, 0.717) is 0 Å². The highest BCUT2D eigenvalue weighted by atomic mass is 19.1. The van der Waals surface area contributed by atoms with Crippen LogP contribution in [0.25, 0.3) is 0 Å². The molecule has 0 saturated heterocycles. The molecule has 0 fully saturated rings. The fourth-order valence-corrected chi connectivity index (χ4v) is 1.18. The normalized spacial score (nSPS) is 9.94. The van der Waals surface area contributed by atoms with E-state index in [1.807, 2.05) is 0 Å². The molecule has 2 N–H and O–H groups in total. The van der Waals surface area contributed by atoms with Crippen molar-refractivity contribution in [3.8, 4) is 5.75 Å². The van der Waals surface area contributed by atoms with Crippen LogP contribution >= 0.6 is 0 Å². The van der Waals surface area contributed by atoms with Crippen molar-refractivity contribution >= 4 is 11.9 Å². The van der Waals surface area contributed by atoms with Crippen LogP contribution in [0.5, 0.6) is 5.75 Å². The zero-order chi connectivity index (χ0) is 12.3. The first-order valence-corrected chi connectivity index (χ1v) is 4.71. The topological polar surface area (TPSA) is 78.1 Å². The summed E-state index contributed by atoms with van der Waals surface area (Å²) in [7, 11) is 0. The lowest BCUT2D eigenvalue weighted by molar-refractivity contribution is 0.0728. The zero-order valence-electron chi connectivity index (χ0n) is 8.63. The lowest BCUT2D eigenvalue weighted by atomic mass is 10.3. The molecule has 0 bridgehead atoms. The van der Waals surface area contributed by atoms with Crippen molar-refractivity contribution in [1.29, 1.82) is 0 Å². The quantitative estimate of drug-likeness (QED) is 0.626. The lowest BCUT2D eigenvalue weighted by Crippen LogP contribution is -2.12. The molecule has 0 aliphatic heterocycles. The van der Waals surface area contributed by atoms with E-state index >= 15 is 0 Å². The Balaban J connectivity index is 2.17. The summed E-state index contributed by atoms with van der Waals surface area (Å²) in [5, 5.41) is 0. The molecule has 0 radical (unpaired) electrons. The standard InChI is InChI=1S/C11H8FN3O2/c12-7-2-1-3-8(6-7)17-10(16)9-4-5-14-11(13)15-9/h1-6H,(H2,13,14,15). The van der Waals surface area contributed by atoms with Crippen molar-refractivity contribution in [2.45, 2.75) is 0 Å². The predicted octanol–water partition coefficient (Wildman–Crippen LogP) is 1.42. The molecule has 2 aromatic rings. The number of ether oxygens (including phenoxy) is 1. The van der Waals surface area contributed by atoms with Gasteiger partial charge in [0.15, 0.2) is 5.69 Å². The zero-order valence-corrected chi connectivity index (χ0v) is 8.63. The van der Waals surface area contributed by atoms with Gasteiger partial charge in [0.2, 0.25) is 5.95 Å². The Labute approximate surface area is 96.1 Å². The molecule has 1 aromatic heterocycles. The van der Waals surface area contributed by atoms with Crippen molar-refractivity contribution in [3.63, 3.8) is 0 Å². The molecule has 86 valence electrons. The number of benzene rings is 1. The molecule has 2 rings (SSSR count). The Morgan fingerprint density at radius 3 is 2.88 bits per heavy atom. The summed E-state index contributed by atoms with van der Waals surface area (Å²) < 4.78 is 17.8. The van der Waals surface area contributed by atoms with Crippen molar-refractivity contribution in [3.05, 3.63) is 48.0 Å². The van der Waals surface area contributed by atoms with E-state index in [4.69, 9.17) is 10.5 Å². The van der Waals surface area contributed by atoms with Gasteiger partial charge in [-0.25, -0.2) is 19.2 Å². The first-order valence-electron chi connectivity index (χ1n) is 4.71. The molecule has 17 heavy (non-hydrogen) atoms. The molecule has 0 spiro atoms. The van der Waals surface area contributed by atoms with Gasteiger partial charge in [-0.3, -0.25) is 0 Å². The van der Waals surface area contributed by atoms with Gasteiger partial charge in [0, 0.05) is 12.3 Å². The smallest absolute Gasteiger partial charge is 0.362 e. The predicted molar refractivity (Wildman–Crippen MR) is 57.8 cm³/mol. The molecular weight excluding hydrogens is 225 g/mol. The van der Waals surface area contributed by atoms with Crippen LogP contribution < -0.4 is 10.5 Å². The molecule has 0 aliphatic carbocycles. The highest BCUT2D eigenvalue weighted by Crippen LogP contribution is 2.13. The van der Waals surface area contributed by atoms with Gasteiger partial charge in [-0.15, -0.1) is 0 Å². The Morgan fingerprint density at radius 1 is 1.35 bits per heavy atom. The van der Waals surface area contributed by atoms with Gasteiger partial charge in [0.05, 0.1) is 0 Å². The van der Waals surface area contributed by atoms with Crippen LogP contribution in [0.2, 0.25) is 0 Å². The molecule has 0 atom stereocenters. The molecule has 0 aliphatic rings. The first kappa shape index (κ1) is 11.0. The number of nitrogen functional groups attached to an aromatic ring is 1. The van der Waals surface area contributed by atoms with E-state index in [-0.39, 0.29) is 17.4 Å². The average molecular weight is 233 g/mol. The van der Waals surface area contributed by atoms with E-state index in [1.54, 1.807) is 0 Å². The van der Waals surface area contributed by atoms with Gasteiger partial charge < -0.3 is 10.5 Å². The maximum absolute atomic E-state index is 12.8. The van der Waals surface area contributed by atoms with E-state index in [1.165, 1.54) is 30.5 Å². The molecule has 0 unspecified atom stereocenters. The average Bonchev–Trinajstić information content (AvgIpc) is 2.29. The largest absolute Gasteiger partial charge is 0.422 e. The Morgan fingerprint density at radius 2 is 2.18 bits per heavy atom. The van der Waals surface area contributed by atoms with Gasteiger partial charge >= 0.3 is 5.97 Å². The Hall–Kier alpha value is -2.50. The Bertz CT molecular complexity index is 560. The van der Waals surface area contributed by atoms with Crippen LogP contribution in [0, 0.1) is 5.82 Å². The number of anilines is 1. The fraction of sp³-hybridized carbons (Fsp3) is 0. The number of carbonyl (C=O) groups excluding carboxylic acids is 1. The number of nitrogens with two attached hydrogens (primary N) is 1. The summed E-state index contributed by atoms with van der Waals surface area (Å²) in [6.45, 7) is 0. The van der Waals surface area contributed by atoms with E-state index in [9.17, 15) is 9.18 Å². The maximum atomic E-state index is 12.8. The highest BCUT2D eigenvalue weighted by Gasteiger charge is 2.11. The number of hydrogen-bond acceptors (Lipinski definition) is 5. The third-order valence-corrected chi connectivity index (χ3v) is 1.89. The van der Waals surface area contributed by atoms with Gasteiger partial charge in [-0.1, -0.05) is 6.07 Å². The van der Waals surface area contributed by atoms with Crippen molar-refractivity contribution in [2.75, 3.05) is 5.73 Å². The van der Waals surface area contributed by atoms with Gasteiger partial charge in [0.1, 0.15) is 11.6 Å². The SMILES string of the molecule is Nc1nccc(C(=O)Oc2cccc(F)c2)n1. The van der Waals surface area contributed by atoms with Gasteiger partial charge in [-0.2, -0.15) is 0 Å². The number of halogens is 1. The van der Waals surface area contributed by atoms with Crippen LogP contribution in [0.15, 0.2) is 36.5 Å². The monoisotopic (exact) mass is 233 g/mol. The number of carbonyl (C=O) groups is 1. The van der Waals surface area contributed by atoms with Crippen molar-refractivity contribution in [2.24, 2.45) is 0 Å². The second-order valence-corrected chi connectivity index (χ2v) is 3.15. The van der Waals surface area contributed by atoms with Crippen LogP contribution in [0.1, 0.15) is 10.5 Å². The molecule has 1 aromatic carbocycles. The summed E-state index contributed by atoms with van der Waals surface area (Å²) >= 11 is 0. The second kappa shape index (κ2) is 4.56. The Kier molecular flexibility index (Phi) is 2.95. The fourth-order valence-electron chi connectivity index (χ4n) is 1.18. The molecule has 0 amide bonds. The molecular formula is C11H8FN3O2. The second-order valence-electron chi connectivity index (χ2n) is 3.15. The van der Waals surface area contributed by atoms with Crippen LogP contribution in [-0.4, -0.2) is 15.9 Å². The summed E-state index contributed by atoms with van der Waals surface area (Å²) in [5.74, 6) is -1.13. The van der Waals surface area contributed by atoms with Crippen LogP contribution in [0.3, 0.4) is 0 Å². The highest BCUT2D eigenvalue weighted by molar-refractivity contribution is 5.89. The van der Waals surface area contributed by atoms with Gasteiger partial charge in [-0.05, 0) is 18.2 Å². The number of aromatic nitrogens is 2. The third kappa shape index (κ3) is 2.75. The number of rotatable bonds is 2. The molecule has 5 nitrogen and oxygen atoms in total. The van der Waals surface area contributed by atoms with Gasteiger partial charge in [0.25, 0.3) is 0 Å². The molecule has 6 heteroatoms. The summed E-state index contributed by atoms with van der Waals surface area (Å²) in [4.78, 5) is 18.9. The molecule has 0 saturated carbocycles. The number of esters is 1. The van der Waals surface area contributed by atoms with Crippen LogP contribution in [-0.2, 0) is 0 Å². The minimum atomic E-state index is -0.718. The van der Waals surface area contributed by atoms with E-state index in [2.05, 4.69) is 9.97 Å².